The Morgan fingerprint density at radius 2 is 1.64 bits per heavy atom. The number of amides is 2. The standard InChI is InChI=1S/C28H30N4O4/c1-4-32(5-2)23-14-11-20(12-15-23)17-24(30-27(34)22-9-7-6-8-10-22)28(35)31-29-19-21-13-16-25(33)26(18-21)36-3/h6-19,33H,4-5H2,1-3H3,(H,30,34)(H,31,35)/b24-17+,29-19+. The number of hydrazone groups is 1. The lowest BCUT2D eigenvalue weighted by atomic mass is 10.1. The zero-order valence-corrected chi connectivity index (χ0v) is 20.6. The van der Waals surface area contributed by atoms with E-state index in [2.05, 4.69) is 34.6 Å². The van der Waals surface area contributed by atoms with E-state index in [0.717, 1.165) is 24.3 Å². The van der Waals surface area contributed by atoms with Crippen LogP contribution in [0.1, 0.15) is 35.3 Å². The van der Waals surface area contributed by atoms with Gasteiger partial charge in [-0.25, -0.2) is 5.43 Å². The van der Waals surface area contributed by atoms with Crippen LogP contribution >= 0.6 is 0 Å². The van der Waals surface area contributed by atoms with Gasteiger partial charge in [0.05, 0.1) is 13.3 Å². The van der Waals surface area contributed by atoms with E-state index in [-0.39, 0.29) is 17.2 Å². The number of rotatable bonds is 10. The molecule has 0 aliphatic rings. The number of phenols is 1. The summed E-state index contributed by atoms with van der Waals surface area (Å²) in [6, 6.07) is 21.0. The van der Waals surface area contributed by atoms with Crippen molar-refractivity contribution in [1.29, 1.82) is 0 Å². The fraction of sp³-hybridized carbons (Fsp3) is 0.179. The fourth-order valence-corrected chi connectivity index (χ4v) is 3.48. The Labute approximate surface area is 210 Å². The Kier molecular flexibility index (Phi) is 9.22. The van der Waals surface area contributed by atoms with Crippen molar-refractivity contribution in [3.63, 3.8) is 0 Å². The van der Waals surface area contributed by atoms with Crippen LogP contribution in [-0.2, 0) is 4.79 Å². The quantitative estimate of drug-likeness (QED) is 0.227. The number of ether oxygens (including phenoxy) is 1. The van der Waals surface area contributed by atoms with Gasteiger partial charge in [-0.15, -0.1) is 0 Å². The van der Waals surface area contributed by atoms with Crippen LogP contribution in [0.2, 0.25) is 0 Å². The smallest absolute Gasteiger partial charge is 0.287 e. The molecule has 0 fully saturated rings. The lowest BCUT2D eigenvalue weighted by Gasteiger charge is -2.20. The topological polar surface area (TPSA) is 103 Å². The van der Waals surface area contributed by atoms with E-state index in [1.165, 1.54) is 19.4 Å². The molecule has 3 rings (SSSR count). The van der Waals surface area contributed by atoms with Gasteiger partial charge in [0.15, 0.2) is 11.5 Å². The SMILES string of the molecule is CCN(CC)c1ccc(/C=C(/NC(=O)c2ccccc2)C(=O)N/N=C/c2ccc(O)c(OC)c2)cc1. The maximum absolute atomic E-state index is 13.0. The number of benzene rings is 3. The van der Waals surface area contributed by atoms with Crippen molar-refractivity contribution in [2.75, 3.05) is 25.1 Å². The number of phenolic OH excluding ortho intramolecular Hbond substituents is 1. The predicted molar refractivity (Wildman–Crippen MR) is 142 cm³/mol. The normalized spacial score (nSPS) is 11.2. The second-order valence-corrected chi connectivity index (χ2v) is 7.77. The van der Waals surface area contributed by atoms with Crippen LogP contribution in [0, 0.1) is 0 Å². The third-order valence-electron chi connectivity index (χ3n) is 5.44. The monoisotopic (exact) mass is 486 g/mol. The predicted octanol–water partition coefficient (Wildman–Crippen LogP) is 4.17. The molecule has 0 aromatic heterocycles. The molecule has 0 atom stereocenters. The molecule has 186 valence electrons. The molecule has 2 amide bonds. The van der Waals surface area contributed by atoms with Crippen LogP contribution in [0.25, 0.3) is 6.08 Å². The van der Waals surface area contributed by atoms with Crippen molar-refractivity contribution < 1.29 is 19.4 Å². The zero-order valence-electron chi connectivity index (χ0n) is 20.6. The van der Waals surface area contributed by atoms with Gasteiger partial charge >= 0.3 is 0 Å². The molecule has 8 heteroatoms. The van der Waals surface area contributed by atoms with Crippen molar-refractivity contribution in [3.8, 4) is 11.5 Å². The first-order valence-corrected chi connectivity index (χ1v) is 11.6. The Bertz CT molecular complexity index is 1230. The van der Waals surface area contributed by atoms with E-state index in [4.69, 9.17) is 4.74 Å². The number of aromatic hydroxyl groups is 1. The second kappa shape index (κ2) is 12.8. The van der Waals surface area contributed by atoms with E-state index in [9.17, 15) is 14.7 Å². The van der Waals surface area contributed by atoms with Crippen molar-refractivity contribution in [2.24, 2.45) is 5.10 Å². The average Bonchev–Trinajstić information content (AvgIpc) is 2.91. The summed E-state index contributed by atoms with van der Waals surface area (Å²) in [5.41, 5.74) is 5.34. The number of hydrogen-bond donors (Lipinski definition) is 3. The minimum atomic E-state index is -0.589. The number of hydrogen-bond acceptors (Lipinski definition) is 6. The molecule has 8 nitrogen and oxygen atoms in total. The minimum Gasteiger partial charge on any atom is -0.504 e. The number of nitrogens with zero attached hydrogens (tertiary/aromatic N) is 2. The Balaban J connectivity index is 1.82. The number of methoxy groups -OCH3 is 1. The van der Waals surface area contributed by atoms with E-state index in [1.807, 2.05) is 30.3 Å². The first-order chi connectivity index (χ1) is 17.4. The molecule has 0 unspecified atom stereocenters. The van der Waals surface area contributed by atoms with Gasteiger partial charge in [0, 0.05) is 24.3 Å². The Hall–Kier alpha value is -4.59. The van der Waals surface area contributed by atoms with Gasteiger partial charge in [-0.05, 0) is 73.5 Å². The largest absolute Gasteiger partial charge is 0.504 e. The third-order valence-corrected chi connectivity index (χ3v) is 5.44. The van der Waals surface area contributed by atoms with Crippen LogP contribution in [0.5, 0.6) is 11.5 Å². The molecule has 36 heavy (non-hydrogen) atoms. The highest BCUT2D eigenvalue weighted by molar-refractivity contribution is 6.05. The third kappa shape index (κ3) is 6.96. The molecule has 0 saturated carbocycles. The highest BCUT2D eigenvalue weighted by Gasteiger charge is 2.14. The highest BCUT2D eigenvalue weighted by atomic mass is 16.5. The Morgan fingerprint density at radius 1 is 0.972 bits per heavy atom. The van der Waals surface area contributed by atoms with Gasteiger partial charge in [0.2, 0.25) is 0 Å². The molecular weight excluding hydrogens is 456 g/mol. The van der Waals surface area contributed by atoms with Gasteiger partial charge in [0.1, 0.15) is 5.70 Å². The molecule has 0 aliphatic heterocycles. The van der Waals surface area contributed by atoms with Gasteiger partial charge < -0.3 is 20.1 Å². The minimum absolute atomic E-state index is 0.000424. The Morgan fingerprint density at radius 3 is 2.28 bits per heavy atom. The molecular formula is C28H30N4O4. The summed E-state index contributed by atoms with van der Waals surface area (Å²) in [6.45, 7) is 5.95. The van der Waals surface area contributed by atoms with Crippen molar-refractivity contribution in [1.82, 2.24) is 10.7 Å². The first-order valence-electron chi connectivity index (χ1n) is 11.6. The van der Waals surface area contributed by atoms with Gasteiger partial charge in [-0.2, -0.15) is 5.10 Å². The van der Waals surface area contributed by atoms with E-state index < -0.39 is 11.8 Å². The fourth-order valence-electron chi connectivity index (χ4n) is 3.48. The van der Waals surface area contributed by atoms with Crippen LogP contribution in [-0.4, -0.2) is 43.3 Å². The second-order valence-electron chi connectivity index (χ2n) is 7.77. The number of nitrogens with one attached hydrogen (secondary N) is 2. The summed E-state index contributed by atoms with van der Waals surface area (Å²) in [5.74, 6) is -0.716. The van der Waals surface area contributed by atoms with E-state index in [1.54, 1.807) is 42.5 Å². The highest BCUT2D eigenvalue weighted by Crippen LogP contribution is 2.25. The summed E-state index contributed by atoms with van der Waals surface area (Å²) in [5, 5.41) is 16.4. The maximum atomic E-state index is 13.0. The van der Waals surface area contributed by atoms with Crippen molar-refractivity contribution in [3.05, 3.63) is 95.2 Å². The number of carbonyl (C=O) groups is 2. The van der Waals surface area contributed by atoms with Crippen LogP contribution in [0.3, 0.4) is 0 Å². The summed E-state index contributed by atoms with van der Waals surface area (Å²) in [4.78, 5) is 27.9. The average molecular weight is 487 g/mol. The van der Waals surface area contributed by atoms with Crippen LogP contribution < -0.4 is 20.4 Å². The molecule has 0 spiro atoms. The molecule has 3 N–H and O–H groups in total. The van der Waals surface area contributed by atoms with Gasteiger partial charge in [-0.3, -0.25) is 9.59 Å². The van der Waals surface area contributed by atoms with Crippen LogP contribution in [0.15, 0.2) is 83.6 Å². The van der Waals surface area contributed by atoms with Gasteiger partial charge in [-0.1, -0.05) is 30.3 Å². The van der Waals surface area contributed by atoms with Crippen LogP contribution in [0.4, 0.5) is 5.69 Å². The number of carbonyl (C=O) groups excluding carboxylic acids is 2. The molecule has 0 bridgehead atoms. The summed E-state index contributed by atoms with van der Waals surface area (Å²) < 4.78 is 5.08. The first kappa shape index (κ1) is 26.0. The summed E-state index contributed by atoms with van der Waals surface area (Å²) >= 11 is 0. The van der Waals surface area contributed by atoms with Crippen molar-refractivity contribution >= 4 is 29.8 Å². The number of anilines is 1. The molecule has 3 aromatic carbocycles. The lowest BCUT2D eigenvalue weighted by molar-refractivity contribution is -0.117. The molecule has 3 aromatic rings. The summed E-state index contributed by atoms with van der Waals surface area (Å²) in [6.07, 6.45) is 3.01. The van der Waals surface area contributed by atoms with Gasteiger partial charge in [0.25, 0.3) is 11.8 Å². The molecule has 0 saturated heterocycles. The van der Waals surface area contributed by atoms with Crippen molar-refractivity contribution in [2.45, 2.75) is 13.8 Å². The van der Waals surface area contributed by atoms with E-state index >= 15 is 0 Å². The summed E-state index contributed by atoms with van der Waals surface area (Å²) in [7, 11) is 1.44. The lowest BCUT2D eigenvalue weighted by Crippen LogP contribution is -2.32. The molecule has 0 aliphatic carbocycles. The molecule has 0 radical (unpaired) electrons. The zero-order chi connectivity index (χ0) is 25.9. The molecule has 0 heterocycles. The maximum Gasteiger partial charge on any atom is 0.287 e. The van der Waals surface area contributed by atoms with E-state index in [0.29, 0.717) is 11.1 Å².